The summed E-state index contributed by atoms with van der Waals surface area (Å²) in [7, 11) is 0. The molecule has 0 bridgehead atoms. The van der Waals surface area contributed by atoms with Gasteiger partial charge in [0.2, 0.25) is 5.78 Å². The van der Waals surface area contributed by atoms with Gasteiger partial charge in [0.1, 0.15) is 5.71 Å². The first-order valence-corrected chi connectivity index (χ1v) is 11.5. The molecular weight excluding hydrogens is 386 g/mol. The van der Waals surface area contributed by atoms with E-state index in [2.05, 4.69) is 50.2 Å². The maximum atomic E-state index is 13.0. The predicted molar refractivity (Wildman–Crippen MR) is 126 cm³/mol. The molecule has 4 heteroatoms. The van der Waals surface area contributed by atoms with Crippen LogP contribution in [0.15, 0.2) is 47.6 Å². The first-order chi connectivity index (χ1) is 15.0. The minimum Gasteiger partial charge on any atom is -0.318 e. The summed E-state index contributed by atoms with van der Waals surface area (Å²) < 4.78 is 0. The molecule has 0 N–H and O–H groups in total. The zero-order valence-electron chi connectivity index (χ0n) is 19.2. The van der Waals surface area contributed by atoms with Crippen molar-refractivity contribution >= 4 is 17.5 Å². The molecule has 0 radical (unpaired) electrons. The van der Waals surface area contributed by atoms with Gasteiger partial charge in [-0.25, -0.2) is 4.79 Å². The van der Waals surface area contributed by atoms with Crippen LogP contribution in [0, 0.1) is 0 Å². The van der Waals surface area contributed by atoms with Crippen LogP contribution in [0.1, 0.15) is 94.1 Å². The van der Waals surface area contributed by atoms with Crippen molar-refractivity contribution in [3.63, 3.8) is 0 Å². The molecule has 2 aromatic rings. The van der Waals surface area contributed by atoms with Gasteiger partial charge in [-0.2, -0.15) is 0 Å². The Morgan fingerprint density at radius 3 is 2.32 bits per heavy atom. The molecule has 0 aliphatic heterocycles. The van der Waals surface area contributed by atoms with E-state index in [4.69, 9.17) is 4.84 Å². The highest BCUT2D eigenvalue weighted by molar-refractivity contribution is 6.45. The van der Waals surface area contributed by atoms with E-state index in [0.29, 0.717) is 12.0 Å². The summed E-state index contributed by atoms with van der Waals surface area (Å²) >= 11 is 0. The van der Waals surface area contributed by atoms with E-state index in [9.17, 15) is 9.59 Å². The van der Waals surface area contributed by atoms with E-state index in [1.807, 2.05) is 18.2 Å². The van der Waals surface area contributed by atoms with E-state index in [1.54, 1.807) is 6.92 Å². The number of unbranched alkanes of at least 4 members (excludes halogenated alkanes) is 3. The average Bonchev–Trinajstić information content (AvgIpc) is 3.09. The van der Waals surface area contributed by atoms with Crippen molar-refractivity contribution in [1.29, 1.82) is 0 Å². The summed E-state index contributed by atoms with van der Waals surface area (Å²) in [6.45, 7) is 8.13. The Hall–Kier alpha value is -2.75. The highest BCUT2D eigenvalue weighted by Gasteiger charge is 2.40. The number of benzene rings is 2. The Morgan fingerprint density at radius 1 is 0.903 bits per heavy atom. The number of fused-ring (bicyclic) bond motifs is 3. The van der Waals surface area contributed by atoms with Gasteiger partial charge < -0.3 is 4.84 Å². The smallest absolute Gasteiger partial charge is 0.318 e. The summed E-state index contributed by atoms with van der Waals surface area (Å²) in [6, 6.07) is 14.4. The molecule has 0 aromatic heterocycles. The Morgan fingerprint density at radius 2 is 1.61 bits per heavy atom. The van der Waals surface area contributed by atoms with Crippen molar-refractivity contribution < 1.29 is 14.4 Å². The Bertz CT molecular complexity index is 986. The van der Waals surface area contributed by atoms with Crippen LogP contribution in [0.2, 0.25) is 0 Å². The predicted octanol–water partition coefficient (Wildman–Crippen LogP) is 6.85. The molecule has 0 atom stereocenters. The van der Waals surface area contributed by atoms with Crippen LogP contribution in [-0.4, -0.2) is 17.5 Å². The van der Waals surface area contributed by atoms with Crippen LogP contribution >= 0.6 is 0 Å². The SMILES string of the molecule is CCCCCCC(=O)O/N=C(/C)C(=O)c1ccc2c(c1)C(CC)(CC)c1ccccc1-2. The van der Waals surface area contributed by atoms with E-state index >= 15 is 0 Å². The Balaban J connectivity index is 1.80. The van der Waals surface area contributed by atoms with Crippen molar-refractivity contribution in [2.24, 2.45) is 5.16 Å². The van der Waals surface area contributed by atoms with E-state index < -0.39 is 0 Å². The van der Waals surface area contributed by atoms with Crippen LogP contribution in [0.4, 0.5) is 0 Å². The van der Waals surface area contributed by atoms with Crippen molar-refractivity contribution in [2.45, 2.75) is 78.1 Å². The van der Waals surface area contributed by atoms with Crippen LogP contribution in [0.25, 0.3) is 11.1 Å². The van der Waals surface area contributed by atoms with Crippen molar-refractivity contribution in [2.75, 3.05) is 0 Å². The standard InChI is InChI=1S/C27H33NO3/c1-5-8-9-10-15-25(29)31-28-19(4)26(30)20-16-17-22-21-13-11-12-14-23(21)27(6-2,7-3)24(22)18-20/h11-14,16-18H,5-10,15H2,1-4H3/b28-19-. The van der Waals surface area contributed by atoms with E-state index in [0.717, 1.165) is 38.5 Å². The van der Waals surface area contributed by atoms with Crippen LogP contribution in [-0.2, 0) is 15.0 Å². The minimum atomic E-state index is -0.386. The molecule has 3 rings (SSSR count). The second kappa shape index (κ2) is 10.0. The molecule has 0 heterocycles. The monoisotopic (exact) mass is 419 g/mol. The molecular formula is C27H33NO3. The maximum absolute atomic E-state index is 13.0. The topological polar surface area (TPSA) is 55.7 Å². The van der Waals surface area contributed by atoms with Gasteiger partial charge in [0.05, 0.1) is 0 Å². The fraction of sp³-hybridized carbons (Fsp3) is 0.444. The van der Waals surface area contributed by atoms with E-state index in [1.165, 1.54) is 22.3 Å². The molecule has 2 aromatic carbocycles. The van der Waals surface area contributed by atoms with Gasteiger partial charge in [-0.15, -0.1) is 0 Å². The number of carbonyl (C=O) groups is 2. The number of rotatable bonds is 10. The fourth-order valence-corrected chi connectivity index (χ4v) is 4.72. The molecule has 0 unspecified atom stereocenters. The minimum absolute atomic E-state index is 0.0851. The summed E-state index contributed by atoms with van der Waals surface area (Å²) in [5.41, 5.74) is 5.67. The number of hydrogen-bond acceptors (Lipinski definition) is 4. The second-order valence-electron chi connectivity index (χ2n) is 8.37. The molecule has 4 nitrogen and oxygen atoms in total. The Kier molecular flexibility index (Phi) is 7.42. The highest BCUT2D eigenvalue weighted by atomic mass is 16.7. The summed E-state index contributed by atoms with van der Waals surface area (Å²) in [6.07, 6.45) is 6.27. The maximum Gasteiger partial charge on any atom is 0.335 e. The first-order valence-electron chi connectivity index (χ1n) is 11.5. The average molecular weight is 420 g/mol. The van der Waals surface area contributed by atoms with Gasteiger partial charge in [-0.1, -0.05) is 81.6 Å². The summed E-state index contributed by atoms with van der Waals surface area (Å²) in [4.78, 5) is 29.8. The third-order valence-electron chi connectivity index (χ3n) is 6.58. The summed E-state index contributed by atoms with van der Waals surface area (Å²) in [5, 5.41) is 3.83. The highest BCUT2D eigenvalue weighted by Crippen LogP contribution is 2.52. The summed E-state index contributed by atoms with van der Waals surface area (Å²) in [5.74, 6) is -0.595. The number of nitrogens with zero attached hydrogens (tertiary/aromatic N) is 1. The third kappa shape index (κ3) is 4.48. The molecule has 0 saturated heterocycles. The zero-order chi connectivity index (χ0) is 22.4. The molecule has 164 valence electrons. The van der Waals surface area contributed by atoms with Crippen molar-refractivity contribution in [3.8, 4) is 11.1 Å². The quantitative estimate of drug-likeness (QED) is 0.139. The molecule has 31 heavy (non-hydrogen) atoms. The van der Waals surface area contributed by atoms with Crippen molar-refractivity contribution in [3.05, 3.63) is 59.2 Å². The van der Waals surface area contributed by atoms with Gasteiger partial charge in [0, 0.05) is 17.4 Å². The van der Waals surface area contributed by atoms with Crippen LogP contribution in [0.3, 0.4) is 0 Å². The molecule has 1 aliphatic rings. The molecule has 0 amide bonds. The number of hydrogen-bond donors (Lipinski definition) is 0. The van der Waals surface area contributed by atoms with Gasteiger partial charge in [-0.3, -0.25) is 4.79 Å². The van der Waals surface area contributed by atoms with E-state index in [-0.39, 0.29) is 22.9 Å². The van der Waals surface area contributed by atoms with Gasteiger partial charge >= 0.3 is 5.97 Å². The normalized spacial score (nSPS) is 14.1. The molecule has 0 saturated carbocycles. The molecule has 0 fully saturated rings. The fourth-order valence-electron chi connectivity index (χ4n) is 4.72. The number of oxime groups is 1. The second-order valence-corrected chi connectivity index (χ2v) is 8.37. The first kappa shape index (κ1) is 22.9. The zero-order valence-corrected chi connectivity index (χ0v) is 19.2. The number of Topliss-reactive ketones (excluding diaryl/α,β-unsaturated/α-hetero) is 1. The third-order valence-corrected chi connectivity index (χ3v) is 6.58. The van der Waals surface area contributed by atoms with Crippen LogP contribution < -0.4 is 0 Å². The lowest BCUT2D eigenvalue weighted by Crippen LogP contribution is -2.23. The number of ketones is 1. The molecule has 0 spiro atoms. The Labute approximate surface area is 185 Å². The lowest BCUT2D eigenvalue weighted by atomic mass is 9.73. The number of carbonyl (C=O) groups excluding carboxylic acids is 2. The molecule has 1 aliphatic carbocycles. The van der Waals surface area contributed by atoms with Gasteiger partial charge in [0.25, 0.3) is 0 Å². The lowest BCUT2D eigenvalue weighted by Gasteiger charge is -2.29. The van der Waals surface area contributed by atoms with Gasteiger partial charge in [0.15, 0.2) is 0 Å². The van der Waals surface area contributed by atoms with Gasteiger partial charge in [-0.05, 0) is 54.5 Å². The van der Waals surface area contributed by atoms with Crippen LogP contribution in [0.5, 0.6) is 0 Å². The largest absolute Gasteiger partial charge is 0.335 e. The van der Waals surface area contributed by atoms with Crippen molar-refractivity contribution in [1.82, 2.24) is 0 Å². The lowest BCUT2D eigenvalue weighted by molar-refractivity contribution is -0.143.